The van der Waals surface area contributed by atoms with Crippen molar-refractivity contribution in [3.63, 3.8) is 0 Å². The molecular weight excluding hydrogens is 318 g/mol. The van der Waals surface area contributed by atoms with Crippen LogP contribution in [0.4, 0.5) is 0 Å². The molecule has 2 aliphatic heterocycles. The van der Waals surface area contributed by atoms with Crippen molar-refractivity contribution < 1.29 is 17.9 Å². The normalized spacial score (nSPS) is 27.6. The predicted molar refractivity (Wildman–Crippen MR) is 84.8 cm³/mol. The Morgan fingerprint density at radius 2 is 2.13 bits per heavy atom. The minimum absolute atomic E-state index is 0.00601. The molecular formula is C15H19N3O4S. The van der Waals surface area contributed by atoms with E-state index in [1.807, 2.05) is 13.8 Å². The summed E-state index contributed by atoms with van der Waals surface area (Å²) in [6.45, 7) is 4.76. The van der Waals surface area contributed by atoms with E-state index in [-0.39, 0.29) is 35.3 Å². The molecule has 2 atom stereocenters. The fourth-order valence-corrected chi connectivity index (χ4v) is 3.99. The number of morpholine rings is 1. The number of nitrogens with one attached hydrogen (secondary N) is 1. The van der Waals surface area contributed by atoms with Gasteiger partial charge in [0.2, 0.25) is 5.91 Å². The summed E-state index contributed by atoms with van der Waals surface area (Å²) < 4.78 is 31.9. The Morgan fingerprint density at radius 1 is 1.39 bits per heavy atom. The van der Waals surface area contributed by atoms with Crippen LogP contribution in [0.1, 0.15) is 19.4 Å². The standard InChI is InChI=1S/C15H19N3O4S/c1-10-9-22-11(2)8-18(10)14(19)7-16-15-12-5-3-4-6-13(12)23(20,21)17-15/h3-6,10-11H,7-9H2,1-2H3,(H,16,17)/t10-,11-/m1/s1. The van der Waals surface area contributed by atoms with Crippen molar-refractivity contribution in [2.24, 2.45) is 4.99 Å². The van der Waals surface area contributed by atoms with Crippen molar-refractivity contribution in [3.05, 3.63) is 29.8 Å². The highest BCUT2D eigenvalue weighted by atomic mass is 32.2. The van der Waals surface area contributed by atoms with E-state index in [9.17, 15) is 13.2 Å². The van der Waals surface area contributed by atoms with Gasteiger partial charge in [-0.3, -0.25) is 14.5 Å². The largest absolute Gasteiger partial charge is 0.375 e. The summed E-state index contributed by atoms with van der Waals surface area (Å²) in [7, 11) is -3.57. The Kier molecular flexibility index (Phi) is 4.11. The summed E-state index contributed by atoms with van der Waals surface area (Å²) in [4.78, 5) is 18.5. The fourth-order valence-electron chi connectivity index (χ4n) is 2.74. The van der Waals surface area contributed by atoms with Gasteiger partial charge in [-0.1, -0.05) is 12.1 Å². The number of sulfonamides is 1. The van der Waals surface area contributed by atoms with Crippen molar-refractivity contribution in [1.82, 2.24) is 9.62 Å². The smallest absolute Gasteiger partial charge is 0.263 e. The van der Waals surface area contributed by atoms with Crippen LogP contribution >= 0.6 is 0 Å². The number of amides is 1. The van der Waals surface area contributed by atoms with Gasteiger partial charge in [0.25, 0.3) is 10.0 Å². The van der Waals surface area contributed by atoms with Crippen LogP contribution in [0.15, 0.2) is 34.2 Å². The summed E-state index contributed by atoms with van der Waals surface area (Å²) in [6.07, 6.45) is -0.00601. The van der Waals surface area contributed by atoms with E-state index in [1.54, 1.807) is 23.1 Å². The van der Waals surface area contributed by atoms with Crippen molar-refractivity contribution in [2.45, 2.75) is 30.9 Å². The lowest BCUT2D eigenvalue weighted by Crippen LogP contribution is -2.51. The summed E-state index contributed by atoms with van der Waals surface area (Å²) in [5.41, 5.74) is 0.503. The van der Waals surface area contributed by atoms with E-state index in [4.69, 9.17) is 4.74 Å². The molecule has 8 heteroatoms. The second-order valence-electron chi connectivity index (χ2n) is 5.81. The molecule has 2 heterocycles. The van der Waals surface area contributed by atoms with E-state index in [0.29, 0.717) is 18.7 Å². The summed E-state index contributed by atoms with van der Waals surface area (Å²) in [6, 6.07) is 6.59. The number of amidine groups is 1. The summed E-state index contributed by atoms with van der Waals surface area (Å²) in [5, 5.41) is 0. The lowest BCUT2D eigenvalue weighted by molar-refractivity contribution is -0.141. The first-order valence-electron chi connectivity index (χ1n) is 7.46. The van der Waals surface area contributed by atoms with Gasteiger partial charge in [0.05, 0.1) is 23.6 Å². The Morgan fingerprint density at radius 3 is 2.91 bits per heavy atom. The van der Waals surface area contributed by atoms with Crippen LogP contribution in [-0.4, -0.2) is 56.9 Å². The molecule has 0 bridgehead atoms. The number of aliphatic imine (C=N–C) groups is 1. The Labute approximate surface area is 135 Å². The average Bonchev–Trinajstić information content (AvgIpc) is 2.79. The van der Waals surface area contributed by atoms with Crippen molar-refractivity contribution >= 4 is 21.8 Å². The van der Waals surface area contributed by atoms with Gasteiger partial charge in [0.15, 0.2) is 0 Å². The zero-order valence-electron chi connectivity index (χ0n) is 13.0. The second kappa shape index (κ2) is 5.93. The van der Waals surface area contributed by atoms with E-state index in [0.717, 1.165) is 0 Å². The minimum Gasteiger partial charge on any atom is -0.375 e. The van der Waals surface area contributed by atoms with Crippen LogP contribution in [0, 0.1) is 0 Å². The molecule has 0 saturated carbocycles. The van der Waals surface area contributed by atoms with Crippen LogP contribution < -0.4 is 4.72 Å². The molecule has 0 spiro atoms. The minimum atomic E-state index is -3.57. The number of nitrogens with zero attached hydrogens (tertiary/aromatic N) is 2. The third-order valence-electron chi connectivity index (χ3n) is 3.96. The average molecular weight is 337 g/mol. The third kappa shape index (κ3) is 3.09. The molecule has 2 aliphatic rings. The van der Waals surface area contributed by atoms with Crippen LogP contribution in [0.25, 0.3) is 0 Å². The van der Waals surface area contributed by atoms with E-state index in [1.165, 1.54) is 6.07 Å². The van der Waals surface area contributed by atoms with Gasteiger partial charge in [0, 0.05) is 12.1 Å². The quantitative estimate of drug-likeness (QED) is 0.844. The summed E-state index contributed by atoms with van der Waals surface area (Å²) in [5.74, 6) is 0.0895. The van der Waals surface area contributed by atoms with Gasteiger partial charge >= 0.3 is 0 Å². The zero-order chi connectivity index (χ0) is 16.6. The number of fused-ring (bicyclic) bond motifs is 1. The van der Waals surface area contributed by atoms with E-state index < -0.39 is 10.0 Å². The maximum absolute atomic E-state index is 12.4. The van der Waals surface area contributed by atoms with Gasteiger partial charge in [-0.25, -0.2) is 8.42 Å². The lowest BCUT2D eigenvalue weighted by atomic mass is 10.2. The van der Waals surface area contributed by atoms with Crippen molar-refractivity contribution in [2.75, 3.05) is 19.7 Å². The molecule has 1 aromatic carbocycles. The van der Waals surface area contributed by atoms with Gasteiger partial charge in [-0.15, -0.1) is 0 Å². The zero-order valence-corrected chi connectivity index (χ0v) is 13.8. The number of hydrogen-bond donors (Lipinski definition) is 1. The fraction of sp³-hybridized carbons (Fsp3) is 0.467. The Hall–Kier alpha value is -1.93. The monoisotopic (exact) mass is 337 g/mol. The van der Waals surface area contributed by atoms with Gasteiger partial charge in [-0.2, -0.15) is 0 Å². The highest BCUT2D eigenvalue weighted by molar-refractivity contribution is 7.90. The maximum atomic E-state index is 12.4. The first-order chi connectivity index (χ1) is 10.9. The number of ether oxygens (including phenoxy) is 1. The molecule has 1 saturated heterocycles. The van der Waals surface area contributed by atoms with Crippen LogP contribution in [-0.2, 0) is 19.6 Å². The van der Waals surface area contributed by atoms with Crippen molar-refractivity contribution in [1.29, 1.82) is 0 Å². The number of rotatable bonds is 2. The van der Waals surface area contributed by atoms with Gasteiger partial charge < -0.3 is 9.64 Å². The number of carbonyl (C=O) groups is 1. The number of benzene rings is 1. The molecule has 1 N–H and O–H groups in total. The summed E-state index contributed by atoms with van der Waals surface area (Å²) >= 11 is 0. The number of carbonyl (C=O) groups excluding carboxylic acids is 1. The first kappa shape index (κ1) is 15.9. The van der Waals surface area contributed by atoms with E-state index >= 15 is 0 Å². The van der Waals surface area contributed by atoms with Crippen LogP contribution in [0.3, 0.4) is 0 Å². The Balaban J connectivity index is 1.77. The van der Waals surface area contributed by atoms with Gasteiger partial charge in [0.1, 0.15) is 12.4 Å². The van der Waals surface area contributed by atoms with Gasteiger partial charge in [-0.05, 0) is 26.0 Å². The molecule has 0 aliphatic carbocycles. The molecule has 0 aromatic heterocycles. The molecule has 1 fully saturated rings. The lowest BCUT2D eigenvalue weighted by Gasteiger charge is -2.36. The van der Waals surface area contributed by atoms with Crippen LogP contribution in [0.2, 0.25) is 0 Å². The van der Waals surface area contributed by atoms with Crippen molar-refractivity contribution in [3.8, 4) is 0 Å². The molecule has 1 aromatic rings. The molecule has 23 heavy (non-hydrogen) atoms. The number of hydrogen-bond acceptors (Lipinski definition) is 5. The predicted octanol–water partition coefficient (Wildman–Crippen LogP) is 0.361. The molecule has 0 radical (unpaired) electrons. The van der Waals surface area contributed by atoms with E-state index in [2.05, 4.69) is 9.71 Å². The Bertz CT molecular complexity index is 760. The first-order valence-corrected chi connectivity index (χ1v) is 8.94. The molecule has 124 valence electrons. The molecule has 1 amide bonds. The topological polar surface area (TPSA) is 88.1 Å². The van der Waals surface area contributed by atoms with Crippen LogP contribution in [0.5, 0.6) is 0 Å². The molecule has 0 unspecified atom stereocenters. The molecule has 3 rings (SSSR count). The third-order valence-corrected chi connectivity index (χ3v) is 5.36. The highest BCUT2D eigenvalue weighted by Crippen LogP contribution is 2.22. The maximum Gasteiger partial charge on any atom is 0.263 e. The highest BCUT2D eigenvalue weighted by Gasteiger charge is 2.31. The molecule has 7 nitrogen and oxygen atoms in total. The SMILES string of the molecule is C[C@@H]1CN(C(=O)CN=C2NS(=O)(=O)c3ccccc32)[C@H](C)CO1. The second-order valence-corrected chi connectivity index (χ2v) is 7.46.